The van der Waals surface area contributed by atoms with Gasteiger partial charge in [-0.2, -0.15) is 0 Å². The lowest BCUT2D eigenvalue weighted by Crippen LogP contribution is -2.38. The maximum absolute atomic E-state index is 13.2. The molecule has 34 heavy (non-hydrogen) atoms. The number of carbonyl (C=O) groups excluding carboxylic acids is 1. The minimum absolute atomic E-state index is 0.0411. The molecule has 1 saturated heterocycles. The monoisotopic (exact) mass is 481 g/mol. The average molecular weight is 482 g/mol. The van der Waals surface area contributed by atoms with Gasteiger partial charge in [-0.05, 0) is 61.8 Å². The number of rotatable bonds is 8. The van der Waals surface area contributed by atoms with E-state index < -0.39 is 5.97 Å². The third-order valence-corrected chi connectivity index (χ3v) is 8.00. The molecule has 1 amide bonds. The van der Waals surface area contributed by atoms with Gasteiger partial charge < -0.3 is 15.3 Å². The fourth-order valence-electron chi connectivity index (χ4n) is 5.00. The molecule has 1 aromatic carbocycles. The maximum atomic E-state index is 13.2. The van der Waals surface area contributed by atoms with Crippen LogP contribution < -0.4 is 10.2 Å². The van der Waals surface area contributed by atoms with Gasteiger partial charge in [-0.3, -0.25) is 9.59 Å². The van der Waals surface area contributed by atoms with Crippen molar-refractivity contribution >= 4 is 29.5 Å². The van der Waals surface area contributed by atoms with E-state index in [1.54, 1.807) is 11.8 Å². The molecule has 1 saturated carbocycles. The molecule has 0 bridgehead atoms. The average Bonchev–Trinajstić information content (AvgIpc) is 2.84. The molecule has 1 atom stereocenters. The second-order valence-corrected chi connectivity index (χ2v) is 10.6. The predicted octanol–water partition coefficient (Wildman–Crippen LogP) is 5.44. The maximum Gasteiger partial charge on any atom is 0.303 e. The molecule has 2 aromatic rings. The summed E-state index contributed by atoms with van der Waals surface area (Å²) in [5, 5.41) is 13.2. The fraction of sp³-hybridized carbons (Fsp3) is 0.519. The summed E-state index contributed by atoms with van der Waals surface area (Å²) in [4.78, 5) is 31.6. The SMILES string of the molecule is Cc1ccccc1CSc1nc(N2CCC[C@@H](CC(=O)O)C2)ccc1C(=O)NC1CCCCC1. The van der Waals surface area contributed by atoms with Gasteiger partial charge in [-0.25, -0.2) is 4.98 Å². The normalized spacial score (nSPS) is 19.1. The summed E-state index contributed by atoms with van der Waals surface area (Å²) in [5.74, 6) is 0.917. The Morgan fingerprint density at radius 1 is 1.09 bits per heavy atom. The highest BCUT2D eigenvalue weighted by atomic mass is 32.2. The van der Waals surface area contributed by atoms with E-state index in [9.17, 15) is 14.7 Å². The van der Waals surface area contributed by atoms with Crippen molar-refractivity contribution in [2.75, 3.05) is 18.0 Å². The van der Waals surface area contributed by atoms with Crippen molar-refractivity contribution in [1.82, 2.24) is 10.3 Å². The number of piperidine rings is 1. The van der Waals surface area contributed by atoms with Gasteiger partial charge in [-0.1, -0.05) is 43.5 Å². The third kappa shape index (κ3) is 6.53. The van der Waals surface area contributed by atoms with Crippen LogP contribution in [-0.4, -0.2) is 41.1 Å². The van der Waals surface area contributed by atoms with Crippen molar-refractivity contribution < 1.29 is 14.7 Å². The topological polar surface area (TPSA) is 82.5 Å². The summed E-state index contributed by atoms with van der Waals surface area (Å²) < 4.78 is 0. The molecule has 2 N–H and O–H groups in total. The summed E-state index contributed by atoms with van der Waals surface area (Å²) in [6.07, 6.45) is 7.75. The van der Waals surface area contributed by atoms with Crippen LogP contribution in [0, 0.1) is 12.8 Å². The van der Waals surface area contributed by atoms with Gasteiger partial charge in [0, 0.05) is 31.3 Å². The summed E-state index contributed by atoms with van der Waals surface area (Å²) in [5.41, 5.74) is 3.09. The van der Waals surface area contributed by atoms with Crippen LogP contribution in [0.2, 0.25) is 0 Å². The lowest BCUT2D eigenvalue weighted by Gasteiger charge is -2.33. The highest BCUT2D eigenvalue weighted by Crippen LogP contribution is 2.31. The minimum atomic E-state index is -0.746. The molecule has 1 aliphatic heterocycles. The Kier molecular flexibility index (Phi) is 8.48. The Morgan fingerprint density at radius 3 is 2.65 bits per heavy atom. The largest absolute Gasteiger partial charge is 0.481 e. The number of carboxylic acids is 1. The van der Waals surface area contributed by atoms with Crippen LogP contribution in [-0.2, 0) is 10.5 Å². The van der Waals surface area contributed by atoms with Gasteiger partial charge in [0.1, 0.15) is 10.8 Å². The number of pyridine rings is 1. The zero-order valence-electron chi connectivity index (χ0n) is 20.0. The molecule has 0 radical (unpaired) electrons. The molecule has 182 valence electrons. The molecular formula is C27H35N3O3S. The third-order valence-electron chi connectivity index (χ3n) is 6.96. The Morgan fingerprint density at radius 2 is 1.88 bits per heavy atom. The quantitative estimate of drug-likeness (QED) is 0.489. The molecule has 2 fully saturated rings. The van der Waals surface area contributed by atoms with E-state index >= 15 is 0 Å². The van der Waals surface area contributed by atoms with Crippen LogP contribution >= 0.6 is 11.8 Å². The number of benzene rings is 1. The number of hydrogen-bond donors (Lipinski definition) is 2. The van der Waals surface area contributed by atoms with E-state index in [2.05, 4.69) is 29.3 Å². The number of nitrogens with zero attached hydrogens (tertiary/aromatic N) is 2. The highest BCUT2D eigenvalue weighted by molar-refractivity contribution is 7.98. The van der Waals surface area contributed by atoms with Gasteiger partial charge >= 0.3 is 5.97 Å². The summed E-state index contributed by atoms with van der Waals surface area (Å²) in [6.45, 7) is 3.65. The van der Waals surface area contributed by atoms with E-state index in [1.165, 1.54) is 30.4 Å². The number of nitrogens with one attached hydrogen (secondary N) is 1. The summed E-state index contributed by atoms with van der Waals surface area (Å²) in [7, 11) is 0. The Bertz CT molecular complexity index is 1010. The number of anilines is 1. The van der Waals surface area contributed by atoms with E-state index in [1.807, 2.05) is 24.3 Å². The van der Waals surface area contributed by atoms with Crippen LogP contribution in [0.1, 0.15) is 72.9 Å². The number of aromatic nitrogens is 1. The second kappa shape index (κ2) is 11.7. The Hall–Kier alpha value is -2.54. The van der Waals surface area contributed by atoms with Crippen molar-refractivity contribution in [2.24, 2.45) is 5.92 Å². The van der Waals surface area contributed by atoms with E-state index in [4.69, 9.17) is 4.98 Å². The van der Waals surface area contributed by atoms with Crippen molar-refractivity contribution in [3.63, 3.8) is 0 Å². The van der Waals surface area contributed by atoms with Crippen LogP contribution in [0.25, 0.3) is 0 Å². The fourth-order valence-corrected chi connectivity index (χ4v) is 6.10. The highest BCUT2D eigenvalue weighted by Gasteiger charge is 2.25. The molecule has 1 aliphatic carbocycles. The molecule has 2 aliphatic rings. The summed E-state index contributed by atoms with van der Waals surface area (Å²) >= 11 is 1.60. The van der Waals surface area contributed by atoms with Gasteiger partial charge in [-0.15, -0.1) is 11.8 Å². The van der Waals surface area contributed by atoms with Gasteiger partial charge in [0.15, 0.2) is 0 Å². The molecule has 6 nitrogen and oxygen atoms in total. The molecule has 1 aromatic heterocycles. The number of thioether (sulfide) groups is 1. The molecule has 0 unspecified atom stereocenters. The first-order chi connectivity index (χ1) is 16.5. The standard InChI is InChI=1S/C27H35N3O3S/c1-19-8-5-6-10-21(19)18-34-27-23(26(33)28-22-11-3-2-4-12-22)13-14-24(29-27)30-15-7-9-20(17-30)16-25(31)32/h5-6,8,10,13-14,20,22H,2-4,7,9,11-12,15-18H2,1H3,(H,28,33)(H,31,32)/t20-/m0/s1. The number of hydrogen-bond acceptors (Lipinski definition) is 5. The van der Waals surface area contributed by atoms with Crippen LogP contribution in [0.3, 0.4) is 0 Å². The van der Waals surface area contributed by atoms with Crippen molar-refractivity contribution in [2.45, 2.75) is 75.1 Å². The predicted molar refractivity (Wildman–Crippen MR) is 137 cm³/mol. The Balaban J connectivity index is 1.55. The van der Waals surface area contributed by atoms with Crippen molar-refractivity contribution in [3.05, 3.63) is 53.1 Å². The zero-order valence-corrected chi connectivity index (χ0v) is 20.8. The van der Waals surface area contributed by atoms with Crippen molar-refractivity contribution in [1.29, 1.82) is 0 Å². The van der Waals surface area contributed by atoms with Gasteiger partial charge in [0.2, 0.25) is 0 Å². The van der Waals surface area contributed by atoms with Crippen LogP contribution in [0.5, 0.6) is 0 Å². The first-order valence-electron chi connectivity index (χ1n) is 12.5. The second-order valence-electron chi connectivity index (χ2n) is 9.60. The lowest BCUT2D eigenvalue weighted by atomic mass is 9.95. The van der Waals surface area contributed by atoms with Crippen molar-refractivity contribution in [3.8, 4) is 0 Å². The molecule has 4 rings (SSSR count). The first kappa shape index (κ1) is 24.6. The molecule has 0 spiro atoms. The van der Waals surface area contributed by atoms with E-state index in [0.29, 0.717) is 12.1 Å². The lowest BCUT2D eigenvalue weighted by molar-refractivity contribution is -0.138. The molecule has 2 heterocycles. The Labute approximate surface area is 206 Å². The van der Waals surface area contributed by atoms with Crippen LogP contribution in [0.4, 0.5) is 5.82 Å². The number of carbonyl (C=O) groups is 2. The minimum Gasteiger partial charge on any atom is -0.481 e. The molecular weight excluding hydrogens is 446 g/mol. The first-order valence-corrected chi connectivity index (χ1v) is 13.4. The zero-order chi connectivity index (χ0) is 23.9. The van der Waals surface area contributed by atoms with Gasteiger partial charge in [0.25, 0.3) is 5.91 Å². The molecule has 7 heteroatoms. The number of aliphatic carboxylic acids is 1. The number of amides is 1. The van der Waals surface area contributed by atoms with Gasteiger partial charge in [0.05, 0.1) is 5.56 Å². The van der Waals surface area contributed by atoms with Crippen LogP contribution in [0.15, 0.2) is 41.4 Å². The van der Waals surface area contributed by atoms with E-state index in [0.717, 1.165) is 48.8 Å². The number of aryl methyl sites for hydroxylation is 1. The summed E-state index contributed by atoms with van der Waals surface area (Å²) in [6, 6.07) is 12.4. The number of carboxylic acid groups (broad SMARTS) is 1. The smallest absolute Gasteiger partial charge is 0.303 e. The van der Waals surface area contributed by atoms with E-state index in [-0.39, 0.29) is 24.3 Å².